The van der Waals surface area contributed by atoms with Gasteiger partial charge in [-0.25, -0.2) is 4.98 Å². The molecule has 1 aliphatic carbocycles. The van der Waals surface area contributed by atoms with Crippen LogP contribution in [0.15, 0.2) is 34.6 Å². The molecule has 5 nitrogen and oxygen atoms in total. The van der Waals surface area contributed by atoms with E-state index in [1.807, 2.05) is 6.07 Å². The Morgan fingerprint density at radius 3 is 2.86 bits per heavy atom. The maximum Gasteiger partial charge on any atom is 0.263 e. The summed E-state index contributed by atoms with van der Waals surface area (Å²) in [5.41, 5.74) is 0.0577. The number of nitrogens with zero attached hydrogens (tertiary/aromatic N) is 2. The predicted octanol–water partition coefficient (Wildman–Crippen LogP) is 3.11. The highest BCUT2D eigenvalue weighted by Gasteiger charge is 2.17. The summed E-state index contributed by atoms with van der Waals surface area (Å²) in [4.78, 5) is 16.2. The van der Waals surface area contributed by atoms with Gasteiger partial charge in [-0.2, -0.15) is 5.26 Å². The Hall–Kier alpha value is -1.87. The van der Waals surface area contributed by atoms with Gasteiger partial charge in [0.2, 0.25) is 0 Å². The number of anilines is 1. The number of hydrogen-bond acceptors (Lipinski definition) is 4. The molecule has 0 radical (unpaired) electrons. The van der Waals surface area contributed by atoms with E-state index < -0.39 is 0 Å². The second-order valence-electron chi connectivity index (χ2n) is 4.98. The zero-order valence-electron chi connectivity index (χ0n) is 11.6. The standard InChI is InChI=1S/C15H17BrN4O/c16-12-6-7-18-14(8-12)19-10-11(9-17)15(21)20-13-4-2-1-3-5-13/h6-8,10,13H,1-5H2,(H,18,19)(H,20,21)/b11-10-. The number of amides is 1. The molecule has 1 aliphatic rings. The van der Waals surface area contributed by atoms with E-state index in [2.05, 4.69) is 31.5 Å². The lowest BCUT2D eigenvalue weighted by Crippen LogP contribution is -2.37. The van der Waals surface area contributed by atoms with Crippen LogP contribution in [0.4, 0.5) is 5.82 Å². The number of pyridine rings is 1. The van der Waals surface area contributed by atoms with Crippen LogP contribution in [0, 0.1) is 11.3 Å². The number of carbonyl (C=O) groups excluding carboxylic acids is 1. The summed E-state index contributed by atoms with van der Waals surface area (Å²) in [6.45, 7) is 0. The Kier molecular flexibility index (Phi) is 5.76. The van der Waals surface area contributed by atoms with Crippen LogP contribution < -0.4 is 10.6 Å². The topological polar surface area (TPSA) is 77.8 Å². The number of hydrogen-bond donors (Lipinski definition) is 2. The average Bonchev–Trinajstić information content (AvgIpc) is 2.49. The van der Waals surface area contributed by atoms with Crippen molar-refractivity contribution < 1.29 is 4.79 Å². The number of nitriles is 1. The van der Waals surface area contributed by atoms with Crippen LogP contribution in [0.5, 0.6) is 0 Å². The Morgan fingerprint density at radius 1 is 1.43 bits per heavy atom. The number of nitrogens with one attached hydrogen (secondary N) is 2. The summed E-state index contributed by atoms with van der Waals surface area (Å²) >= 11 is 3.34. The van der Waals surface area contributed by atoms with Crippen molar-refractivity contribution in [1.82, 2.24) is 10.3 Å². The van der Waals surface area contributed by atoms with Gasteiger partial charge in [0.1, 0.15) is 17.5 Å². The molecule has 0 aliphatic heterocycles. The minimum atomic E-state index is -0.327. The molecule has 1 heterocycles. The van der Waals surface area contributed by atoms with E-state index in [4.69, 9.17) is 5.26 Å². The monoisotopic (exact) mass is 348 g/mol. The number of carbonyl (C=O) groups is 1. The molecule has 0 unspecified atom stereocenters. The van der Waals surface area contributed by atoms with E-state index in [0.29, 0.717) is 5.82 Å². The predicted molar refractivity (Wildman–Crippen MR) is 84.3 cm³/mol. The molecule has 1 amide bonds. The third kappa shape index (κ3) is 4.87. The lowest BCUT2D eigenvalue weighted by molar-refractivity contribution is -0.118. The summed E-state index contributed by atoms with van der Waals surface area (Å²) in [5.74, 6) is 0.245. The van der Waals surface area contributed by atoms with E-state index in [1.54, 1.807) is 18.3 Å². The van der Waals surface area contributed by atoms with Gasteiger partial charge in [0, 0.05) is 22.9 Å². The summed E-state index contributed by atoms with van der Waals surface area (Å²) in [7, 11) is 0. The normalized spacial score (nSPS) is 16.1. The van der Waals surface area contributed by atoms with Crippen LogP contribution >= 0.6 is 15.9 Å². The fourth-order valence-electron chi connectivity index (χ4n) is 2.29. The Balaban J connectivity index is 1.96. The first-order chi connectivity index (χ1) is 10.2. The highest BCUT2D eigenvalue weighted by Crippen LogP contribution is 2.18. The van der Waals surface area contributed by atoms with Crippen molar-refractivity contribution in [2.75, 3.05) is 5.32 Å². The molecular formula is C15H17BrN4O. The Labute approximate surface area is 132 Å². The number of rotatable bonds is 4. The summed E-state index contributed by atoms with van der Waals surface area (Å²) in [5, 5.41) is 14.9. The van der Waals surface area contributed by atoms with Crippen LogP contribution in [-0.4, -0.2) is 16.9 Å². The van der Waals surface area contributed by atoms with E-state index in [9.17, 15) is 4.79 Å². The van der Waals surface area contributed by atoms with Crippen molar-refractivity contribution in [1.29, 1.82) is 5.26 Å². The second-order valence-corrected chi connectivity index (χ2v) is 5.90. The van der Waals surface area contributed by atoms with Gasteiger partial charge < -0.3 is 10.6 Å². The first-order valence-electron chi connectivity index (χ1n) is 6.98. The third-order valence-electron chi connectivity index (χ3n) is 3.39. The lowest BCUT2D eigenvalue weighted by Gasteiger charge is -2.22. The molecule has 110 valence electrons. The molecule has 2 rings (SSSR count). The highest BCUT2D eigenvalue weighted by atomic mass is 79.9. The molecule has 1 aromatic rings. The molecule has 1 saturated carbocycles. The zero-order chi connectivity index (χ0) is 15.1. The van der Waals surface area contributed by atoms with Crippen molar-refractivity contribution in [2.45, 2.75) is 38.1 Å². The first-order valence-corrected chi connectivity index (χ1v) is 7.77. The van der Waals surface area contributed by atoms with Crippen molar-refractivity contribution >= 4 is 27.7 Å². The van der Waals surface area contributed by atoms with Crippen LogP contribution in [0.2, 0.25) is 0 Å². The minimum absolute atomic E-state index is 0.0577. The zero-order valence-corrected chi connectivity index (χ0v) is 13.2. The minimum Gasteiger partial charge on any atom is -0.349 e. The van der Waals surface area contributed by atoms with Gasteiger partial charge in [-0.15, -0.1) is 0 Å². The second kappa shape index (κ2) is 7.79. The van der Waals surface area contributed by atoms with E-state index in [0.717, 1.165) is 30.2 Å². The summed E-state index contributed by atoms with van der Waals surface area (Å²) in [6, 6.07) is 5.68. The Bertz CT molecular complexity index is 573. The fraction of sp³-hybridized carbons (Fsp3) is 0.400. The maximum atomic E-state index is 12.1. The molecule has 21 heavy (non-hydrogen) atoms. The maximum absolute atomic E-state index is 12.1. The largest absolute Gasteiger partial charge is 0.349 e. The van der Waals surface area contributed by atoms with Gasteiger partial charge in [0.25, 0.3) is 5.91 Å². The number of halogens is 1. The van der Waals surface area contributed by atoms with Gasteiger partial charge in [-0.1, -0.05) is 35.2 Å². The molecular weight excluding hydrogens is 332 g/mol. The van der Waals surface area contributed by atoms with Gasteiger partial charge in [-0.05, 0) is 25.0 Å². The smallest absolute Gasteiger partial charge is 0.263 e. The van der Waals surface area contributed by atoms with Crippen molar-refractivity contribution in [3.63, 3.8) is 0 Å². The Morgan fingerprint density at radius 2 is 2.19 bits per heavy atom. The van der Waals surface area contributed by atoms with Gasteiger partial charge >= 0.3 is 0 Å². The molecule has 2 N–H and O–H groups in total. The van der Waals surface area contributed by atoms with Crippen LogP contribution in [0.1, 0.15) is 32.1 Å². The van der Waals surface area contributed by atoms with Crippen LogP contribution in [0.25, 0.3) is 0 Å². The lowest BCUT2D eigenvalue weighted by atomic mass is 9.95. The average molecular weight is 349 g/mol. The molecule has 0 bridgehead atoms. The summed E-state index contributed by atoms with van der Waals surface area (Å²) < 4.78 is 0.874. The van der Waals surface area contributed by atoms with Crippen LogP contribution in [-0.2, 0) is 4.79 Å². The highest BCUT2D eigenvalue weighted by molar-refractivity contribution is 9.10. The van der Waals surface area contributed by atoms with E-state index >= 15 is 0 Å². The SMILES string of the molecule is N#C/C(=C/Nc1cc(Br)ccn1)C(=O)NC1CCCCC1. The third-order valence-corrected chi connectivity index (χ3v) is 3.89. The molecule has 1 fully saturated rings. The molecule has 6 heteroatoms. The van der Waals surface area contributed by atoms with Gasteiger partial charge in [-0.3, -0.25) is 4.79 Å². The van der Waals surface area contributed by atoms with E-state index in [1.165, 1.54) is 12.6 Å². The fourth-order valence-corrected chi connectivity index (χ4v) is 2.62. The molecule has 0 saturated heterocycles. The first kappa shape index (κ1) is 15.5. The molecule has 1 aromatic heterocycles. The van der Waals surface area contributed by atoms with Gasteiger partial charge in [0.15, 0.2) is 0 Å². The summed E-state index contributed by atoms with van der Waals surface area (Å²) in [6.07, 6.45) is 8.51. The molecule has 0 spiro atoms. The van der Waals surface area contributed by atoms with E-state index in [-0.39, 0.29) is 17.5 Å². The van der Waals surface area contributed by atoms with Crippen LogP contribution in [0.3, 0.4) is 0 Å². The van der Waals surface area contributed by atoms with Gasteiger partial charge in [0.05, 0.1) is 0 Å². The van der Waals surface area contributed by atoms with Crippen molar-refractivity contribution in [3.05, 3.63) is 34.6 Å². The van der Waals surface area contributed by atoms with Crippen molar-refractivity contribution in [2.24, 2.45) is 0 Å². The molecule has 0 atom stereocenters. The molecule has 0 aromatic carbocycles. The van der Waals surface area contributed by atoms with Crippen molar-refractivity contribution in [3.8, 4) is 6.07 Å². The quantitative estimate of drug-likeness (QED) is 0.647. The number of aromatic nitrogens is 1.